The van der Waals surface area contributed by atoms with Crippen LogP contribution in [0.15, 0.2) is 48.5 Å². The van der Waals surface area contributed by atoms with E-state index in [0.717, 1.165) is 43.2 Å². The van der Waals surface area contributed by atoms with Gasteiger partial charge < -0.3 is 15.2 Å². The fourth-order valence-corrected chi connectivity index (χ4v) is 6.42. The molecule has 0 radical (unpaired) electrons. The van der Waals surface area contributed by atoms with Gasteiger partial charge >= 0.3 is 12.1 Å². The second-order valence-electron chi connectivity index (χ2n) is 9.38. The number of rotatable bonds is 7. The Morgan fingerprint density at radius 1 is 1.07 bits per heavy atom. The molecule has 1 atom stereocenters. The monoisotopic (exact) mass is 405 g/mol. The summed E-state index contributed by atoms with van der Waals surface area (Å²) in [5, 5.41) is 12.4. The van der Waals surface area contributed by atoms with Crippen LogP contribution in [-0.4, -0.2) is 29.8 Å². The number of amides is 1. The molecule has 156 valence electrons. The van der Waals surface area contributed by atoms with Crippen molar-refractivity contribution in [3.8, 4) is 11.1 Å². The average Bonchev–Trinajstić information content (AvgIpc) is 3.00. The van der Waals surface area contributed by atoms with Crippen LogP contribution in [0.2, 0.25) is 0 Å². The van der Waals surface area contributed by atoms with Gasteiger partial charge in [0.15, 0.2) is 0 Å². The van der Waals surface area contributed by atoms with Crippen LogP contribution in [0.4, 0.5) is 4.79 Å². The minimum atomic E-state index is -0.965. The lowest BCUT2D eigenvalue weighted by Gasteiger charge is -2.72. The molecule has 2 N–H and O–H groups in total. The van der Waals surface area contributed by atoms with Crippen LogP contribution in [0.1, 0.15) is 56.1 Å². The summed E-state index contributed by atoms with van der Waals surface area (Å²) in [5.41, 5.74) is 4.66. The molecule has 4 aliphatic carbocycles. The topological polar surface area (TPSA) is 75.6 Å². The van der Waals surface area contributed by atoms with Crippen molar-refractivity contribution >= 4 is 12.1 Å². The lowest BCUT2D eigenvalue weighted by molar-refractivity contribution is -0.227. The summed E-state index contributed by atoms with van der Waals surface area (Å²) < 4.78 is 5.56. The molecule has 5 heteroatoms. The number of fused-ring (bicyclic) bond motifs is 3. The number of carbonyl (C=O) groups is 2. The first-order valence-corrected chi connectivity index (χ1v) is 10.8. The van der Waals surface area contributed by atoms with Gasteiger partial charge in [0.1, 0.15) is 12.6 Å². The summed E-state index contributed by atoms with van der Waals surface area (Å²) in [6, 6.07) is 15.4. The third kappa shape index (κ3) is 2.83. The van der Waals surface area contributed by atoms with Crippen molar-refractivity contribution < 1.29 is 19.4 Å². The molecule has 0 heterocycles. The molecule has 0 aromatic heterocycles. The SMILES string of the molecule is CCCC12CC(C(NC(=O)OCC3c4ccccc4-c4ccccc43)C(=O)O)(C1)C2. The highest BCUT2D eigenvalue weighted by Crippen LogP contribution is 2.76. The molecule has 0 aliphatic heterocycles. The quantitative estimate of drug-likeness (QED) is 0.683. The Bertz CT molecular complexity index is 948. The van der Waals surface area contributed by atoms with E-state index in [1.165, 1.54) is 11.1 Å². The molecule has 30 heavy (non-hydrogen) atoms. The zero-order chi connectivity index (χ0) is 20.9. The standard InChI is InChI=1S/C25H27NO4/c1-2-11-24-13-25(14-24,15-24)21(22(27)28)26-23(29)30-12-20-18-9-5-3-7-16(18)17-8-4-6-10-19(17)20/h3-10,20-21H,2,11-15H2,1H3,(H,26,29)(H,27,28). The Balaban J connectivity index is 1.25. The van der Waals surface area contributed by atoms with Gasteiger partial charge in [-0.05, 0) is 53.4 Å². The maximum Gasteiger partial charge on any atom is 0.407 e. The van der Waals surface area contributed by atoms with Gasteiger partial charge in [-0.15, -0.1) is 0 Å². The van der Waals surface area contributed by atoms with Crippen LogP contribution in [0.25, 0.3) is 11.1 Å². The molecule has 0 saturated heterocycles. The second-order valence-corrected chi connectivity index (χ2v) is 9.38. The highest BCUT2D eigenvalue weighted by molar-refractivity contribution is 5.82. The van der Waals surface area contributed by atoms with Crippen LogP contribution < -0.4 is 5.32 Å². The third-order valence-corrected chi connectivity index (χ3v) is 7.43. The zero-order valence-electron chi connectivity index (χ0n) is 17.2. The van der Waals surface area contributed by atoms with Crippen molar-refractivity contribution in [2.24, 2.45) is 10.8 Å². The molecule has 3 saturated carbocycles. The predicted molar refractivity (Wildman–Crippen MR) is 113 cm³/mol. The number of alkyl carbamates (subject to hydrolysis) is 1. The van der Waals surface area contributed by atoms with Gasteiger partial charge in [0.25, 0.3) is 0 Å². The summed E-state index contributed by atoms with van der Waals surface area (Å²) in [5.74, 6) is -0.998. The van der Waals surface area contributed by atoms with E-state index in [4.69, 9.17) is 4.74 Å². The number of benzene rings is 2. The minimum absolute atomic E-state index is 0.0331. The molecule has 2 aromatic carbocycles. The molecule has 4 aliphatic rings. The first-order valence-electron chi connectivity index (χ1n) is 10.8. The zero-order valence-corrected chi connectivity index (χ0v) is 17.2. The van der Waals surface area contributed by atoms with Gasteiger partial charge in [0.2, 0.25) is 0 Å². The summed E-state index contributed by atoms with van der Waals surface area (Å²) in [7, 11) is 0. The van der Waals surface area contributed by atoms with Crippen LogP contribution in [-0.2, 0) is 9.53 Å². The van der Waals surface area contributed by atoms with E-state index in [-0.39, 0.29) is 17.9 Å². The van der Waals surface area contributed by atoms with Gasteiger partial charge in [0, 0.05) is 11.3 Å². The average molecular weight is 405 g/mol. The summed E-state index contributed by atoms with van der Waals surface area (Å²) in [4.78, 5) is 24.4. The number of aliphatic carboxylic acids is 1. The van der Waals surface area contributed by atoms with Crippen molar-refractivity contribution in [3.05, 3.63) is 59.7 Å². The summed E-state index contributed by atoms with van der Waals surface area (Å²) in [6.07, 6.45) is 4.32. The number of carbonyl (C=O) groups excluding carboxylic acids is 1. The van der Waals surface area contributed by atoms with Crippen molar-refractivity contribution in [1.82, 2.24) is 5.32 Å². The van der Waals surface area contributed by atoms with Crippen molar-refractivity contribution in [1.29, 1.82) is 0 Å². The number of carboxylic acids is 1. The number of hydrogen-bond acceptors (Lipinski definition) is 3. The van der Waals surface area contributed by atoms with Crippen molar-refractivity contribution in [2.45, 2.75) is 51.0 Å². The largest absolute Gasteiger partial charge is 0.480 e. The van der Waals surface area contributed by atoms with E-state index >= 15 is 0 Å². The van der Waals surface area contributed by atoms with Gasteiger partial charge in [-0.3, -0.25) is 0 Å². The smallest absolute Gasteiger partial charge is 0.407 e. The van der Waals surface area contributed by atoms with E-state index in [1.807, 2.05) is 24.3 Å². The molecule has 2 bridgehead atoms. The van der Waals surface area contributed by atoms with Gasteiger partial charge in [-0.2, -0.15) is 0 Å². The van der Waals surface area contributed by atoms with Crippen LogP contribution >= 0.6 is 0 Å². The lowest BCUT2D eigenvalue weighted by atomic mass is 9.32. The number of carboxylic acid groups (broad SMARTS) is 1. The van der Waals surface area contributed by atoms with Crippen molar-refractivity contribution in [2.75, 3.05) is 6.61 Å². The first kappa shape index (κ1) is 19.2. The minimum Gasteiger partial charge on any atom is -0.480 e. The Kier molecular flexibility index (Phi) is 4.38. The van der Waals surface area contributed by atoms with E-state index in [0.29, 0.717) is 5.41 Å². The maximum absolute atomic E-state index is 12.6. The summed E-state index contributed by atoms with van der Waals surface area (Å²) in [6.45, 7) is 2.36. The van der Waals surface area contributed by atoms with E-state index in [9.17, 15) is 14.7 Å². The fraction of sp³-hybridized carbons (Fsp3) is 0.440. The van der Waals surface area contributed by atoms with Gasteiger partial charge in [-0.1, -0.05) is 61.9 Å². The second kappa shape index (κ2) is 6.86. The Labute approximate surface area is 176 Å². The first-order chi connectivity index (χ1) is 14.5. The molecule has 6 rings (SSSR count). The number of hydrogen-bond donors (Lipinski definition) is 2. The predicted octanol–water partition coefficient (Wildman–Crippen LogP) is 4.95. The lowest BCUT2D eigenvalue weighted by Crippen LogP contribution is -2.71. The Morgan fingerprint density at radius 2 is 1.63 bits per heavy atom. The molecular weight excluding hydrogens is 378 g/mol. The number of ether oxygens (including phenoxy) is 1. The van der Waals surface area contributed by atoms with Crippen LogP contribution in [0.3, 0.4) is 0 Å². The summed E-state index contributed by atoms with van der Waals surface area (Å²) >= 11 is 0. The Hall–Kier alpha value is -2.82. The van der Waals surface area contributed by atoms with E-state index in [1.54, 1.807) is 0 Å². The molecule has 5 nitrogen and oxygen atoms in total. The van der Waals surface area contributed by atoms with E-state index < -0.39 is 18.1 Å². The van der Waals surface area contributed by atoms with Crippen molar-refractivity contribution in [3.63, 3.8) is 0 Å². The molecule has 1 unspecified atom stereocenters. The molecule has 2 aromatic rings. The highest BCUT2D eigenvalue weighted by Gasteiger charge is 2.71. The van der Waals surface area contributed by atoms with Gasteiger partial charge in [0.05, 0.1) is 0 Å². The maximum atomic E-state index is 12.6. The van der Waals surface area contributed by atoms with E-state index in [2.05, 4.69) is 36.5 Å². The third-order valence-electron chi connectivity index (χ3n) is 7.43. The molecule has 1 amide bonds. The molecule has 0 spiro atoms. The van der Waals surface area contributed by atoms with Gasteiger partial charge in [-0.25, -0.2) is 9.59 Å². The number of nitrogens with one attached hydrogen (secondary N) is 1. The highest BCUT2D eigenvalue weighted by atomic mass is 16.5. The molecule has 3 fully saturated rings. The molecular formula is C25H27NO4. The Morgan fingerprint density at radius 3 is 2.17 bits per heavy atom. The fourth-order valence-electron chi connectivity index (χ4n) is 6.42. The van der Waals surface area contributed by atoms with Crippen LogP contribution in [0.5, 0.6) is 0 Å². The van der Waals surface area contributed by atoms with Crippen LogP contribution in [0, 0.1) is 10.8 Å². The normalized spacial score (nSPS) is 26.6.